The highest BCUT2D eigenvalue weighted by atomic mass is 16.4. The Morgan fingerprint density at radius 3 is 2.53 bits per heavy atom. The monoisotopic (exact) mass is 264 g/mol. The minimum Gasteiger partial charge on any atom is -0.481 e. The second-order valence-corrected chi connectivity index (χ2v) is 5.33. The summed E-state index contributed by atoms with van der Waals surface area (Å²) < 4.78 is 1.87. The number of amides is 1. The number of nitrogens with zero attached hydrogens (tertiary/aromatic N) is 2. The summed E-state index contributed by atoms with van der Waals surface area (Å²) >= 11 is 0. The van der Waals surface area contributed by atoms with Gasteiger partial charge in [-0.1, -0.05) is 0 Å². The SMILES string of the molecule is Cc1ccc(C(=O)N2CCC(C(=O)O)CC2C)n1C. The third kappa shape index (κ3) is 2.50. The molecule has 0 radical (unpaired) electrons. The van der Waals surface area contributed by atoms with Crippen LogP contribution >= 0.6 is 0 Å². The number of carbonyl (C=O) groups is 2. The molecule has 1 saturated heterocycles. The molecule has 5 heteroatoms. The van der Waals surface area contributed by atoms with E-state index in [1.807, 2.05) is 37.6 Å². The van der Waals surface area contributed by atoms with Crippen LogP contribution in [-0.4, -0.2) is 39.0 Å². The Balaban J connectivity index is 2.13. The average molecular weight is 264 g/mol. The minimum absolute atomic E-state index is 0.00746. The van der Waals surface area contributed by atoms with Crippen LogP contribution in [0.5, 0.6) is 0 Å². The molecule has 5 nitrogen and oxygen atoms in total. The Morgan fingerprint density at radius 1 is 1.37 bits per heavy atom. The summed E-state index contributed by atoms with van der Waals surface area (Å²) in [5, 5.41) is 9.04. The van der Waals surface area contributed by atoms with Crippen LogP contribution in [-0.2, 0) is 11.8 Å². The topological polar surface area (TPSA) is 62.5 Å². The standard InChI is InChI=1S/C14H20N2O3/c1-9-4-5-12(15(9)3)13(17)16-7-6-11(14(18)19)8-10(16)2/h4-5,10-11H,6-8H2,1-3H3,(H,18,19). The fraction of sp³-hybridized carbons (Fsp3) is 0.571. The van der Waals surface area contributed by atoms with Crippen LogP contribution in [0.2, 0.25) is 0 Å². The normalized spacial score (nSPS) is 23.4. The van der Waals surface area contributed by atoms with E-state index in [0.29, 0.717) is 25.1 Å². The predicted molar refractivity (Wildman–Crippen MR) is 71.0 cm³/mol. The van der Waals surface area contributed by atoms with Crippen LogP contribution in [0.4, 0.5) is 0 Å². The van der Waals surface area contributed by atoms with E-state index in [1.54, 1.807) is 4.90 Å². The van der Waals surface area contributed by atoms with Gasteiger partial charge >= 0.3 is 5.97 Å². The number of likely N-dealkylation sites (tertiary alicyclic amines) is 1. The molecule has 19 heavy (non-hydrogen) atoms. The van der Waals surface area contributed by atoms with Gasteiger partial charge in [0.15, 0.2) is 0 Å². The lowest BCUT2D eigenvalue weighted by molar-refractivity contribution is -0.143. The van der Waals surface area contributed by atoms with Crippen molar-refractivity contribution in [2.24, 2.45) is 13.0 Å². The van der Waals surface area contributed by atoms with Crippen molar-refractivity contribution in [1.82, 2.24) is 9.47 Å². The molecule has 2 unspecified atom stereocenters. The number of aryl methyl sites for hydroxylation is 1. The molecule has 0 bridgehead atoms. The quantitative estimate of drug-likeness (QED) is 0.883. The van der Waals surface area contributed by atoms with E-state index in [1.165, 1.54) is 0 Å². The predicted octanol–water partition coefficient (Wildman–Crippen LogP) is 1.66. The van der Waals surface area contributed by atoms with Gasteiger partial charge in [0.1, 0.15) is 5.69 Å². The second-order valence-electron chi connectivity index (χ2n) is 5.33. The summed E-state index contributed by atoms with van der Waals surface area (Å²) in [4.78, 5) is 25.3. The maximum atomic E-state index is 12.5. The van der Waals surface area contributed by atoms with E-state index in [0.717, 1.165) is 5.69 Å². The third-order valence-electron chi connectivity index (χ3n) is 4.08. The molecule has 2 atom stereocenters. The Labute approximate surface area is 112 Å². The molecule has 0 aromatic carbocycles. The summed E-state index contributed by atoms with van der Waals surface area (Å²) in [7, 11) is 1.87. The van der Waals surface area contributed by atoms with Gasteiger partial charge in [0, 0.05) is 25.3 Å². The number of aliphatic carboxylic acids is 1. The first kappa shape index (κ1) is 13.6. The maximum absolute atomic E-state index is 12.5. The molecule has 2 rings (SSSR count). The molecular formula is C14H20N2O3. The highest BCUT2D eigenvalue weighted by Crippen LogP contribution is 2.24. The number of aromatic nitrogens is 1. The lowest BCUT2D eigenvalue weighted by atomic mass is 9.91. The smallest absolute Gasteiger partial charge is 0.306 e. The first-order valence-corrected chi connectivity index (χ1v) is 6.58. The van der Waals surface area contributed by atoms with Gasteiger partial charge in [-0.15, -0.1) is 0 Å². The fourth-order valence-corrected chi connectivity index (χ4v) is 2.67. The second kappa shape index (κ2) is 5.07. The lowest BCUT2D eigenvalue weighted by Gasteiger charge is -2.36. The van der Waals surface area contributed by atoms with Crippen molar-refractivity contribution < 1.29 is 14.7 Å². The third-order valence-corrected chi connectivity index (χ3v) is 4.08. The Bertz CT molecular complexity index is 507. The van der Waals surface area contributed by atoms with Crippen molar-refractivity contribution in [3.63, 3.8) is 0 Å². The number of hydrogen-bond acceptors (Lipinski definition) is 2. The number of carboxylic acids is 1. The van der Waals surface area contributed by atoms with Crippen molar-refractivity contribution in [1.29, 1.82) is 0 Å². The molecule has 2 heterocycles. The number of hydrogen-bond donors (Lipinski definition) is 1. The summed E-state index contributed by atoms with van der Waals surface area (Å²) in [6.07, 6.45) is 1.07. The van der Waals surface area contributed by atoms with Gasteiger partial charge in [0.2, 0.25) is 0 Å². The van der Waals surface area contributed by atoms with Gasteiger partial charge in [0.05, 0.1) is 5.92 Å². The average Bonchev–Trinajstić information content (AvgIpc) is 2.69. The molecule has 1 amide bonds. The highest BCUT2D eigenvalue weighted by Gasteiger charge is 2.33. The molecule has 1 aliphatic heterocycles. The first-order valence-electron chi connectivity index (χ1n) is 6.58. The molecular weight excluding hydrogens is 244 g/mol. The maximum Gasteiger partial charge on any atom is 0.306 e. The van der Waals surface area contributed by atoms with Crippen LogP contribution in [0.15, 0.2) is 12.1 Å². The van der Waals surface area contributed by atoms with Gasteiger partial charge in [-0.05, 0) is 38.8 Å². The lowest BCUT2D eigenvalue weighted by Crippen LogP contribution is -2.46. The molecule has 1 fully saturated rings. The van der Waals surface area contributed by atoms with Gasteiger partial charge in [-0.3, -0.25) is 9.59 Å². The summed E-state index contributed by atoms with van der Waals surface area (Å²) in [5.41, 5.74) is 1.70. The number of carbonyl (C=O) groups excluding carboxylic acids is 1. The summed E-state index contributed by atoms with van der Waals surface area (Å²) in [6.45, 7) is 4.39. The van der Waals surface area contributed by atoms with Crippen molar-refractivity contribution in [3.05, 3.63) is 23.5 Å². The van der Waals surface area contributed by atoms with Crippen molar-refractivity contribution in [3.8, 4) is 0 Å². The summed E-state index contributed by atoms with van der Waals surface area (Å²) in [5.74, 6) is -1.09. The molecule has 0 aliphatic carbocycles. The zero-order chi connectivity index (χ0) is 14.2. The number of piperidine rings is 1. The van der Waals surface area contributed by atoms with Gasteiger partial charge in [-0.2, -0.15) is 0 Å². The fourth-order valence-electron chi connectivity index (χ4n) is 2.67. The van der Waals surface area contributed by atoms with Crippen molar-refractivity contribution in [2.45, 2.75) is 32.7 Å². The van der Waals surface area contributed by atoms with Gasteiger partial charge in [-0.25, -0.2) is 0 Å². The molecule has 0 saturated carbocycles. The largest absolute Gasteiger partial charge is 0.481 e. The molecule has 1 aliphatic rings. The van der Waals surface area contributed by atoms with Gasteiger partial charge < -0.3 is 14.6 Å². The minimum atomic E-state index is -0.756. The zero-order valence-corrected chi connectivity index (χ0v) is 11.6. The number of rotatable bonds is 2. The van der Waals surface area contributed by atoms with Crippen LogP contribution in [0.25, 0.3) is 0 Å². The molecule has 1 N–H and O–H groups in total. The summed E-state index contributed by atoms with van der Waals surface area (Å²) in [6, 6.07) is 3.72. The molecule has 1 aromatic heterocycles. The van der Waals surface area contributed by atoms with E-state index in [4.69, 9.17) is 5.11 Å². The van der Waals surface area contributed by atoms with Crippen LogP contribution in [0.1, 0.15) is 35.9 Å². The van der Waals surface area contributed by atoms with E-state index < -0.39 is 5.97 Å². The molecule has 1 aromatic rings. The first-order chi connectivity index (χ1) is 8.91. The van der Waals surface area contributed by atoms with E-state index >= 15 is 0 Å². The van der Waals surface area contributed by atoms with Gasteiger partial charge in [0.25, 0.3) is 5.91 Å². The van der Waals surface area contributed by atoms with E-state index in [-0.39, 0.29) is 17.9 Å². The number of carboxylic acid groups (broad SMARTS) is 1. The Kier molecular flexibility index (Phi) is 3.64. The Morgan fingerprint density at radius 2 is 2.05 bits per heavy atom. The van der Waals surface area contributed by atoms with E-state index in [2.05, 4.69) is 0 Å². The Hall–Kier alpha value is -1.78. The molecule has 104 valence electrons. The van der Waals surface area contributed by atoms with Crippen LogP contribution in [0, 0.1) is 12.8 Å². The molecule has 0 spiro atoms. The van der Waals surface area contributed by atoms with Crippen LogP contribution < -0.4 is 0 Å². The van der Waals surface area contributed by atoms with Crippen molar-refractivity contribution in [2.75, 3.05) is 6.54 Å². The van der Waals surface area contributed by atoms with Crippen molar-refractivity contribution >= 4 is 11.9 Å². The van der Waals surface area contributed by atoms with Crippen LogP contribution in [0.3, 0.4) is 0 Å². The highest BCUT2D eigenvalue weighted by molar-refractivity contribution is 5.93. The van der Waals surface area contributed by atoms with E-state index in [9.17, 15) is 9.59 Å². The zero-order valence-electron chi connectivity index (χ0n) is 11.6.